The third kappa shape index (κ3) is 4.65. The Labute approximate surface area is 142 Å². The number of benzene rings is 2. The summed E-state index contributed by atoms with van der Waals surface area (Å²) in [6.07, 6.45) is 0. The van der Waals surface area contributed by atoms with Gasteiger partial charge in [-0.25, -0.2) is 0 Å². The van der Waals surface area contributed by atoms with Crippen LogP contribution in [0.4, 0.5) is 0 Å². The molecular weight excluding hydrogens is 306 g/mol. The number of carbonyl (C=O) groups is 1. The van der Waals surface area contributed by atoms with E-state index in [-0.39, 0.29) is 12.5 Å². The van der Waals surface area contributed by atoms with Crippen molar-refractivity contribution in [3.63, 3.8) is 0 Å². The lowest BCUT2D eigenvalue weighted by atomic mass is 10.2. The van der Waals surface area contributed by atoms with Crippen LogP contribution in [0.5, 0.6) is 17.2 Å². The highest BCUT2D eigenvalue weighted by molar-refractivity contribution is 5.77. The minimum absolute atomic E-state index is 0.0418. The predicted molar refractivity (Wildman–Crippen MR) is 92.7 cm³/mol. The summed E-state index contributed by atoms with van der Waals surface area (Å²) < 4.78 is 16.1. The molecule has 0 spiro atoms. The number of nitrogens with zero attached hydrogens (tertiary/aromatic N) is 1. The van der Waals surface area contributed by atoms with E-state index in [1.807, 2.05) is 49.4 Å². The first-order valence-corrected chi connectivity index (χ1v) is 7.68. The molecule has 0 aliphatic carbocycles. The van der Waals surface area contributed by atoms with Crippen molar-refractivity contribution in [1.82, 2.24) is 4.90 Å². The highest BCUT2D eigenvalue weighted by Crippen LogP contribution is 2.27. The minimum Gasteiger partial charge on any atom is -0.497 e. The van der Waals surface area contributed by atoms with Crippen molar-refractivity contribution < 1.29 is 19.0 Å². The number of hydrogen-bond donors (Lipinski definition) is 0. The zero-order valence-corrected chi connectivity index (χ0v) is 14.5. The van der Waals surface area contributed by atoms with E-state index in [2.05, 4.69) is 0 Å². The number of carbonyl (C=O) groups excluding carboxylic acids is 1. The normalized spacial score (nSPS) is 10.2. The summed E-state index contributed by atoms with van der Waals surface area (Å²) in [7, 11) is 4.95. The summed E-state index contributed by atoms with van der Waals surface area (Å²) in [5.74, 6) is 1.85. The first-order valence-electron chi connectivity index (χ1n) is 7.68. The van der Waals surface area contributed by atoms with Gasteiger partial charge in [0, 0.05) is 13.6 Å². The van der Waals surface area contributed by atoms with Gasteiger partial charge in [-0.15, -0.1) is 0 Å². The summed E-state index contributed by atoms with van der Waals surface area (Å²) >= 11 is 0. The van der Waals surface area contributed by atoms with Crippen LogP contribution in [0.3, 0.4) is 0 Å². The molecular formula is C19H23NO4. The summed E-state index contributed by atoms with van der Waals surface area (Å²) in [6, 6.07) is 13.2. The third-order valence-corrected chi connectivity index (χ3v) is 3.65. The predicted octanol–water partition coefficient (Wildman–Crippen LogP) is 3.05. The second-order valence-corrected chi connectivity index (χ2v) is 5.54. The van der Waals surface area contributed by atoms with E-state index in [1.54, 1.807) is 26.2 Å². The van der Waals surface area contributed by atoms with E-state index in [9.17, 15) is 4.79 Å². The summed E-state index contributed by atoms with van der Waals surface area (Å²) in [5, 5.41) is 0. The van der Waals surface area contributed by atoms with Gasteiger partial charge >= 0.3 is 0 Å². The second kappa shape index (κ2) is 8.24. The van der Waals surface area contributed by atoms with Gasteiger partial charge in [0.05, 0.1) is 14.2 Å². The molecule has 2 aromatic carbocycles. The quantitative estimate of drug-likeness (QED) is 0.783. The van der Waals surface area contributed by atoms with Crippen LogP contribution in [0, 0.1) is 6.92 Å². The standard InChI is InChI=1S/C19H23NO4/c1-14-8-9-17(18(10-14)23-4)24-13-19(21)20(2)12-15-6-5-7-16(11-15)22-3/h5-11H,12-13H2,1-4H3. The molecule has 2 aromatic rings. The Morgan fingerprint density at radius 1 is 1.04 bits per heavy atom. The second-order valence-electron chi connectivity index (χ2n) is 5.54. The van der Waals surface area contributed by atoms with Crippen molar-refractivity contribution in [1.29, 1.82) is 0 Å². The molecule has 0 bridgehead atoms. The molecule has 1 amide bonds. The van der Waals surface area contributed by atoms with Gasteiger partial charge in [-0.3, -0.25) is 4.79 Å². The van der Waals surface area contributed by atoms with Gasteiger partial charge in [0.1, 0.15) is 5.75 Å². The van der Waals surface area contributed by atoms with Gasteiger partial charge in [0.2, 0.25) is 0 Å². The Morgan fingerprint density at radius 3 is 2.54 bits per heavy atom. The third-order valence-electron chi connectivity index (χ3n) is 3.65. The molecule has 0 aliphatic rings. The topological polar surface area (TPSA) is 48.0 Å². The largest absolute Gasteiger partial charge is 0.497 e. The van der Waals surface area contributed by atoms with E-state index < -0.39 is 0 Å². The first kappa shape index (κ1) is 17.7. The molecule has 5 heteroatoms. The Kier molecular flexibility index (Phi) is 6.07. The van der Waals surface area contributed by atoms with Gasteiger partial charge in [-0.1, -0.05) is 18.2 Å². The highest BCUT2D eigenvalue weighted by atomic mass is 16.5. The van der Waals surface area contributed by atoms with Gasteiger partial charge in [0.25, 0.3) is 5.91 Å². The van der Waals surface area contributed by atoms with Crippen molar-refractivity contribution in [3.05, 3.63) is 53.6 Å². The van der Waals surface area contributed by atoms with Crippen molar-refractivity contribution in [2.24, 2.45) is 0 Å². The summed E-state index contributed by atoms with van der Waals surface area (Å²) in [6.45, 7) is 2.42. The number of amides is 1. The molecule has 0 aromatic heterocycles. The van der Waals surface area contributed by atoms with Crippen LogP contribution >= 0.6 is 0 Å². The number of hydrogen-bond acceptors (Lipinski definition) is 4. The first-order chi connectivity index (χ1) is 11.5. The molecule has 0 heterocycles. The zero-order chi connectivity index (χ0) is 17.5. The molecule has 0 aliphatic heterocycles. The molecule has 24 heavy (non-hydrogen) atoms. The maximum Gasteiger partial charge on any atom is 0.260 e. The van der Waals surface area contributed by atoms with Crippen LogP contribution in [0.1, 0.15) is 11.1 Å². The van der Waals surface area contributed by atoms with E-state index in [0.717, 1.165) is 16.9 Å². The number of methoxy groups -OCH3 is 2. The number of likely N-dealkylation sites (N-methyl/N-ethyl adjacent to an activating group) is 1. The summed E-state index contributed by atoms with van der Waals surface area (Å²) in [5.41, 5.74) is 2.07. The molecule has 0 atom stereocenters. The van der Waals surface area contributed by atoms with Gasteiger partial charge in [-0.2, -0.15) is 0 Å². The highest BCUT2D eigenvalue weighted by Gasteiger charge is 2.12. The Morgan fingerprint density at radius 2 is 1.83 bits per heavy atom. The smallest absolute Gasteiger partial charge is 0.260 e. The lowest BCUT2D eigenvalue weighted by molar-refractivity contribution is -0.132. The monoisotopic (exact) mass is 329 g/mol. The minimum atomic E-state index is -0.111. The zero-order valence-electron chi connectivity index (χ0n) is 14.5. The fourth-order valence-corrected chi connectivity index (χ4v) is 2.28. The van der Waals surface area contributed by atoms with E-state index in [0.29, 0.717) is 18.0 Å². The van der Waals surface area contributed by atoms with Crippen molar-refractivity contribution >= 4 is 5.91 Å². The van der Waals surface area contributed by atoms with E-state index >= 15 is 0 Å². The van der Waals surface area contributed by atoms with Crippen molar-refractivity contribution in [3.8, 4) is 17.2 Å². The average Bonchev–Trinajstić information content (AvgIpc) is 2.60. The van der Waals surface area contributed by atoms with E-state index in [4.69, 9.17) is 14.2 Å². The maximum absolute atomic E-state index is 12.3. The van der Waals surface area contributed by atoms with Gasteiger partial charge in [0.15, 0.2) is 18.1 Å². The SMILES string of the molecule is COc1cccc(CN(C)C(=O)COc2ccc(C)cc2OC)c1. The molecule has 0 unspecified atom stereocenters. The van der Waals surface area contributed by atoms with Gasteiger partial charge < -0.3 is 19.1 Å². The van der Waals surface area contributed by atoms with Crippen LogP contribution in [-0.4, -0.2) is 38.7 Å². The molecule has 0 N–H and O–H groups in total. The van der Waals surface area contributed by atoms with E-state index in [1.165, 1.54) is 0 Å². The lowest BCUT2D eigenvalue weighted by Gasteiger charge is -2.18. The molecule has 128 valence electrons. The van der Waals surface area contributed by atoms with Crippen LogP contribution in [0.25, 0.3) is 0 Å². The fourth-order valence-electron chi connectivity index (χ4n) is 2.28. The van der Waals surface area contributed by atoms with Crippen LogP contribution in [-0.2, 0) is 11.3 Å². The summed E-state index contributed by atoms with van der Waals surface area (Å²) in [4.78, 5) is 13.9. The lowest BCUT2D eigenvalue weighted by Crippen LogP contribution is -2.31. The number of rotatable bonds is 7. The van der Waals surface area contributed by atoms with Crippen molar-refractivity contribution in [2.75, 3.05) is 27.9 Å². The molecule has 2 rings (SSSR count). The Balaban J connectivity index is 1.94. The van der Waals surface area contributed by atoms with Crippen LogP contribution < -0.4 is 14.2 Å². The molecule has 0 fully saturated rings. The number of ether oxygens (including phenoxy) is 3. The Bertz CT molecular complexity index is 700. The molecule has 5 nitrogen and oxygen atoms in total. The average molecular weight is 329 g/mol. The van der Waals surface area contributed by atoms with Crippen LogP contribution in [0.2, 0.25) is 0 Å². The van der Waals surface area contributed by atoms with Crippen molar-refractivity contribution in [2.45, 2.75) is 13.5 Å². The van der Waals surface area contributed by atoms with Crippen LogP contribution in [0.15, 0.2) is 42.5 Å². The fraction of sp³-hybridized carbons (Fsp3) is 0.316. The number of aryl methyl sites for hydroxylation is 1. The van der Waals surface area contributed by atoms with Gasteiger partial charge in [-0.05, 0) is 42.3 Å². The Hall–Kier alpha value is -2.69. The maximum atomic E-state index is 12.3. The molecule has 0 radical (unpaired) electrons. The molecule has 0 saturated carbocycles. The molecule has 0 saturated heterocycles.